The molecule has 8 heteroatoms. The number of aromatic nitrogens is 2. The minimum Gasteiger partial charge on any atom is -0.351 e. The van der Waals surface area contributed by atoms with Crippen molar-refractivity contribution in [1.29, 1.82) is 0 Å². The zero-order chi connectivity index (χ0) is 22.1. The molecule has 32 heavy (non-hydrogen) atoms. The predicted molar refractivity (Wildman–Crippen MR) is 127 cm³/mol. The fourth-order valence-electron chi connectivity index (χ4n) is 4.15. The van der Waals surface area contributed by atoms with Gasteiger partial charge in [-0.25, -0.2) is 0 Å². The number of nitro benzene ring substituents is 1. The van der Waals surface area contributed by atoms with Crippen molar-refractivity contribution < 1.29 is 4.92 Å². The van der Waals surface area contributed by atoms with Crippen molar-refractivity contribution in [2.24, 2.45) is 0 Å². The molecule has 2 atom stereocenters. The Balaban J connectivity index is 1.66. The zero-order valence-electron chi connectivity index (χ0n) is 16.9. The maximum absolute atomic E-state index is 11.3. The van der Waals surface area contributed by atoms with E-state index in [1.807, 2.05) is 77.5 Å². The Labute approximate surface area is 190 Å². The van der Waals surface area contributed by atoms with E-state index < -0.39 is 0 Å². The van der Waals surface area contributed by atoms with Crippen molar-refractivity contribution in [3.05, 3.63) is 119 Å². The highest BCUT2D eigenvalue weighted by Gasteiger charge is 2.42. The fourth-order valence-corrected chi connectivity index (χ4v) is 4.49. The van der Waals surface area contributed by atoms with Gasteiger partial charge in [0.2, 0.25) is 0 Å². The Morgan fingerprint density at radius 1 is 0.938 bits per heavy atom. The first-order valence-electron chi connectivity index (χ1n) is 10.1. The number of anilines is 1. The number of hydrogen-bond acceptors (Lipinski definition) is 4. The van der Waals surface area contributed by atoms with Crippen molar-refractivity contribution in [3.63, 3.8) is 0 Å². The maximum Gasteiger partial charge on any atom is 0.271 e. The highest BCUT2D eigenvalue weighted by molar-refractivity contribution is 7.80. The van der Waals surface area contributed by atoms with E-state index in [-0.39, 0.29) is 22.7 Å². The molecular formula is C24H19N5O2S. The van der Waals surface area contributed by atoms with Crippen LogP contribution in [0.15, 0.2) is 97.3 Å². The van der Waals surface area contributed by atoms with Crippen LogP contribution in [-0.4, -0.2) is 19.6 Å². The van der Waals surface area contributed by atoms with E-state index in [9.17, 15) is 10.1 Å². The predicted octanol–water partition coefficient (Wildman–Crippen LogP) is 4.96. The normalized spacial score (nSPS) is 17.9. The van der Waals surface area contributed by atoms with Crippen LogP contribution in [-0.2, 0) is 0 Å². The summed E-state index contributed by atoms with van der Waals surface area (Å²) in [7, 11) is 0. The van der Waals surface area contributed by atoms with Crippen LogP contribution in [0.3, 0.4) is 0 Å². The lowest BCUT2D eigenvalue weighted by Gasteiger charge is -2.29. The first kappa shape index (κ1) is 19.9. The molecule has 1 aliphatic heterocycles. The van der Waals surface area contributed by atoms with Gasteiger partial charge in [0.05, 0.1) is 22.3 Å². The smallest absolute Gasteiger partial charge is 0.271 e. The van der Waals surface area contributed by atoms with Crippen LogP contribution in [0.2, 0.25) is 0 Å². The number of benzene rings is 2. The van der Waals surface area contributed by atoms with Crippen LogP contribution >= 0.6 is 12.2 Å². The van der Waals surface area contributed by atoms with Crippen LogP contribution < -0.4 is 10.2 Å². The molecule has 1 N–H and O–H groups in total. The second-order valence-electron chi connectivity index (χ2n) is 7.41. The molecule has 7 nitrogen and oxygen atoms in total. The molecule has 1 aliphatic rings. The van der Waals surface area contributed by atoms with E-state index in [4.69, 9.17) is 12.2 Å². The van der Waals surface area contributed by atoms with E-state index >= 15 is 0 Å². The van der Waals surface area contributed by atoms with Crippen molar-refractivity contribution in [2.45, 2.75) is 12.1 Å². The summed E-state index contributed by atoms with van der Waals surface area (Å²) in [5.41, 5.74) is 3.52. The lowest BCUT2D eigenvalue weighted by atomic mass is 10.0. The molecule has 1 saturated heterocycles. The highest BCUT2D eigenvalue weighted by atomic mass is 32.1. The number of nitrogens with one attached hydrogen (secondary N) is 1. The van der Waals surface area contributed by atoms with Gasteiger partial charge < -0.3 is 14.8 Å². The minimum atomic E-state index is -0.383. The second-order valence-corrected chi connectivity index (χ2v) is 7.80. The van der Waals surface area contributed by atoms with E-state index in [1.54, 1.807) is 18.3 Å². The Morgan fingerprint density at radius 2 is 1.72 bits per heavy atom. The summed E-state index contributed by atoms with van der Waals surface area (Å²) < 4.78 is 1.97. The largest absolute Gasteiger partial charge is 0.351 e. The van der Waals surface area contributed by atoms with Crippen LogP contribution in [0.1, 0.15) is 23.5 Å². The fraction of sp³-hybridized carbons (Fsp3) is 0.0833. The van der Waals surface area contributed by atoms with E-state index in [2.05, 4.69) is 15.2 Å². The third-order valence-electron chi connectivity index (χ3n) is 5.53. The molecule has 158 valence electrons. The molecule has 1 fully saturated rings. The standard InChI is InChI=1S/C24H19N5O2S/c30-29(31)19-11-6-10-18(16-19)27-15-7-13-21(27)23-22(20-12-4-5-14-25-20)26-24(32)28(23)17-8-2-1-3-9-17/h1-16,22-23H,(H,26,32)/t22-,23+/m1/s1. The van der Waals surface area contributed by atoms with Crippen molar-refractivity contribution in [2.75, 3.05) is 4.90 Å². The zero-order valence-corrected chi connectivity index (χ0v) is 17.7. The van der Waals surface area contributed by atoms with Gasteiger partial charge in [-0.2, -0.15) is 0 Å². The molecule has 3 heterocycles. The summed E-state index contributed by atoms with van der Waals surface area (Å²) in [5.74, 6) is 0. The first-order valence-corrected chi connectivity index (χ1v) is 10.5. The van der Waals surface area contributed by atoms with Gasteiger partial charge in [0.25, 0.3) is 5.69 Å². The van der Waals surface area contributed by atoms with E-state index in [0.717, 1.165) is 17.1 Å². The number of thiocarbonyl (C=S) groups is 1. The molecule has 5 rings (SSSR count). The van der Waals surface area contributed by atoms with Gasteiger partial charge in [-0.1, -0.05) is 30.3 Å². The van der Waals surface area contributed by atoms with Gasteiger partial charge in [0.15, 0.2) is 5.11 Å². The Bertz CT molecular complexity index is 1280. The summed E-state index contributed by atoms with van der Waals surface area (Å²) in [6, 6.07) is 25.9. The molecule has 0 amide bonds. The Morgan fingerprint density at radius 3 is 2.47 bits per heavy atom. The maximum atomic E-state index is 11.3. The summed E-state index contributed by atoms with van der Waals surface area (Å²) >= 11 is 5.75. The number of non-ortho nitro benzene ring substituents is 1. The molecule has 0 spiro atoms. The van der Waals surface area contributed by atoms with Gasteiger partial charge in [-0.05, 0) is 54.7 Å². The Hall–Kier alpha value is -4.04. The molecule has 0 saturated carbocycles. The number of hydrogen-bond donors (Lipinski definition) is 1. The average Bonchev–Trinajstić information content (AvgIpc) is 3.44. The molecule has 0 bridgehead atoms. The lowest BCUT2D eigenvalue weighted by molar-refractivity contribution is -0.384. The van der Waals surface area contributed by atoms with Crippen molar-refractivity contribution in [1.82, 2.24) is 14.9 Å². The number of nitro groups is 1. The van der Waals surface area contributed by atoms with Gasteiger partial charge in [-0.15, -0.1) is 0 Å². The number of nitrogens with zero attached hydrogens (tertiary/aromatic N) is 4. The van der Waals surface area contributed by atoms with E-state index in [0.29, 0.717) is 10.8 Å². The molecule has 2 aromatic carbocycles. The number of pyridine rings is 1. The summed E-state index contributed by atoms with van der Waals surface area (Å²) in [5, 5.41) is 15.4. The second kappa shape index (κ2) is 8.24. The van der Waals surface area contributed by atoms with Gasteiger partial charge in [-0.3, -0.25) is 15.1 Å². The monoisotopic (exact) mass is 441 g/mol. The third kappa shape index (κ3) is 3.50. The average molecular weight is 442 g/mol. The molecular weight excluding hydrogens is 422 g/mol. The highest BCUT2D eigenvalue weighted by Crippen LogP contribution is 2.42. The van der Waals surface area contributed by atoms with Crippen molar-refractivity contribution >= 4 is 28.7 Å². The van der Waals surface area contributed by atoms with Crippen molar-refractivity contribution in [3.8, 4) is 5.69 Å². The molecule has 0 aliphatic carbocycles. The van der Waals surface area contributed by atoms with Gasteiger partial charge in [0.1, 0.15) is 6.04 Å². The number of rotatable bonds is 5. The van der Waals surface area contributed by atoms with E-state index in [1.165, 1.54) is 6.07 Å². The van der Waals surface area contributed by atoms with Crippen LogP contribution in [0.5, 0.6) is 0 Å². The SMILES string of the molecule is O=[N+]([O-])c1cccc(-n2cccc2[C@H]2[C@@H](c3ccccn3)NC(=S)N2c2ccccc2)c1. The summed E-state index contributed by atoms with van der Waals surface area (Å²) in [6.45, 7) is 0. The molecule has 4 aromatic rings. The summed E-state index contributed by atoms with van der Waals surface area (Å²) in [6.07, 6.45) is 3.68. The molecule has 0 unspecified atom stereocenters. The molecule has 2 aromatic heterocycles. The minimum absolute atomic E-state index is 0.0448. The van der Waals surface area contributed by atoms with Crippen LogP contribution in [0.4, 0.5) is 11.4 Å². The topological polar surface area (TPSA) is 76.2 Å². The molecule has 0 radical (unpaired) electrons. The first-order chi connectivity index (χ1) is 15.6. The van der Waals surface area contributed by atoms with Crippen LogP contribution in [0.25, 0.3) is 5.69 Å². The number of para-hydroxylation sites is 1. The van der Waals surface area contributed by atoms with Crippen LogP contribution in [0, 0.1) is 10.1 Å². The third-order valence-corrected chi connectivity index (χ3v) is 5.85. The summed E-state index contributed by atoms with van der Waals surface area (Å²) in [4.78, 5) is 17.6. The Kier molecular flexibility index (Phi) is 5.12. The lowest BCUT2D eigenvalue weighted by Crippen LogP contribution is -2.30. The van der Waals surface area contributed by atoms with Gasteiger partial charge >= 0.3 is 0 Å². The quantitative estimate of drug-likeness (QED) is 0.268. The van der Waals surface area contributed by atoms with Gasteiger partial charge in [0, 0.05) is 35.9 Å².